The number of fused-ring (bicyclic) bond motifs is 4. The van der Waals surface area contributed by atoms with Crippen molar-refractivity contribution in [3.8, 4) is 0 Å². The molecule has 1 amide bonds. The number of carbonyl (C=O) groups is 1. The van der Waals surface area contributed by atoms with Gasteiger partial charge in [0.15, 0.2) is 4.80 Å². The molecule has 7 rings (SSSR count). The first-order chi connectivity index (χ1) is 16.2. The summed E-state index contributed by atoms with van der Waals surface area (Å²) >= 11 is 2.97. The summed E-state index contributed by atoms with van der Waals surface area (Å²) in [5.41, 5.74) is 6.40. The molecule has 1 N–H and O–H groups in total. The lowest BCUT2D eigenvalue weighted by molar-refractivity contribution is -0.110. The van der Waals surface area contributed by atoms with Gasteiger partial charge in [0.1, 0.15) is 4.53 Å². The molecule has 0 radical (unpaired) electrons. The van der Waals surface area contributed by atoms with Crippen LogP contribution in [0, 0.1) is 0 Å². The first kappa shape index (κ1) is 19.0. The molecule has 2 aliphatic heterocycles. The molecular weight excluding hydrogens is 450 g/mol. The van der Waals surface area contributed by atoms with Crippen LogP contribution < -0.4 is 20.2 Å². The summed E-state index contributed by atoms with van der Waals surface area (Å²) in [7, 11) is 0. The van der Waals surface area contributed by atoms with Crippen molar-refractivity contribution in [3.05, 3.63) is 113 Å². The van der Waals surface area contributed by atoms with Crippen LogP contribution in [-0.2, 0) is 11.2 Å². The lowest BCUT2D eigenvalue weighted by atomic mass is 9.85. The Balaban J connectivity index is 1.57. The van der Waals surface area contributed by atoms with Crippen LogP contribution in [0.4, 0.5) is 5.69 Å². The van der Waals surface area contributed by atoms with E-state index in [9.17, 15) is 9.59 Å². The summed E-state index contributed by atoms with van der Waals surface area (Å²) in [4.78, 5) is 33.6. The Morgan fingerprint density at radius 2 is 1.76 bits per heavy atom. The normalized spacial score (nSPS) is 19.9. The van der Waals surface area contributed by atoms with Gasteiger partial charge in [-0.25, -0.2) is 4.99 Å². The molecule has 0 fully saturated rings. The second-order valence-electron chi connectivity index (χ2n) is 8.32. The average molecular weight is 468 g/mol. The number of carbonyl (C=O) groups excluding carboxylic acids is 1. The molecule has 0 bridgehead atoms. The fraction of sp³-hybridized carbons (Fsp3) is 0.115. The van der Waals surface area contributed by atoms with E-state index in [2.05, 4.69) is 29.6 Å². The molecule has 1 atom stereocenters. The average Bonchev–Trinajstić information content (AvgIpc) is 3.55. The van der Waals surface area contributed by atoms with Gasteiger partial charge in [-0.2, -0.15) is 0 Å². The number of para-hydroxylation sites is 1. The number of aryl methyl sites for hydroxylation is 1. The molecule has 3 aliphatic rings. The van der Waals surface area contributed by atoms with Gasteiger partial charge in [0.25, 0.3) is 11.5 Å². The van der Waals surface area contributed by atoms with Gasteiger partial charge in [0, 0.05) is 21.7 Å². The number of allylic oxidation sites excluding steroid dienone is 1. The van der Waals surface area contributed by atoms with Crippen molar-refractivity contribution in [2.45, 2.75) is 18.9 Å². The van der Waals surface area contributed by atoms with Crippen molar-refractivity contribution in [2.75, 3.05) is 5.32 Å². The van der Waals surface area contributed by atoms with E-state index in [1.165, 1.54) is 22.5 Å². The van der Waals surface area contributed by atoms with Crippen molar-refractivity contribution in [2.24, 2.45) is 4.99 Å². The molecule has 0 spiro atoms. The molecule has 4 heterocycles. The zero-order valence-corrected chi connectivity index (χ0v) is 19.0. The molecular formula is C26H17N3O2S2. The third-order valence-electron chi connectivity index (χ3n) is 6.56. The predicted octanol–water partition coefficient (Wildman–Crippen LogP) is 3.70. The van der Waals surface area contributed by atoms with Crippen LogP contribution in [-0.4, -0.2) is 10.5 Å². The van der Waals surface area contributed by atoms with E-state index in [4.69, 9.17) is 4.99 Å². The molecule has 0 saturated carbocycles. The number of nitrogens with zero attached hydrogens (tertiary/aromatic N) is 2. The topological polar surface area (TPSA) is 63.5 Å². The van der Waals surface area contributed by atoms with Crippen molar-refractivity contribution < 1.29 is 4.79 Å². The van der Waals surface area contributed by atoms with Crippen LogP contribution in [0.5, 0.6) is 0 Å². The number of aromatic nitrogens is 1. The van der Waals surface area contributed by atoms with Gasteiger partial charge in [0.05, 0.1) is 17.3 Å². The van der Waals surface area contributed by atoms with E-state index in [-0.39, 0.29) is 17.5 Å². The van der Waals surface area contributed by atoms with Gasteiger partial charge < -0.3 is 5.32 Å². The maximum absolute atomic E-state index is 13.9. The van der Waals surface area contributed by atoms with E-state index in [1.54, 1.807) is 15.9 Å². The van der Waals surface area contributed by atoms with Gasteiger partial charge in [-0.15, -0.1) is 11.3 Å². The number of thiophene rings is 1. The Morgan fingerprint density at radius 1 is 0.939 bits per heavy atom. The van der Waals surface area contributed by atoms with Crippen LogP contribution in [0.15, 0.2) is 81.4 Å². The molecule has 0 unspecified atom stereocenters. The van der Waals surface area contributed by atoms with Gasteiger partial charge >= 0.3 is 0 Å². The molecule has 1 aliphatic carbocycles. The first-order valence-electron chi connectivity index (χ1n) is 10.8. The second-order valence-corrected chi connectivity index (χ2v) is 10.3. The van der Waals surface area contributed by atoms with Crippen LogP contribution >= 0.6 is 22.7 Å². The van der Waals surface area contributed by atoms with Gasteiger partial charge in [-0.3, -0.25) is 14.2 Å². The van der Waals surface area contributed by atoms with Crippen molar-refractivity contribution >= 4 is 45.5 Å². The van der Waals surface area contributed by atoms with Crippen molar-refractivity contribution in [1.82, 2.24) is 4.57 Å². The molecule has 2 aromatic carbocycles. The fourth-order valence-corrected chi connectivity index (χ4v) is 7.06. The van der Waals surface area contributed by atoms with Crippen LogP contribution in [0.25, 0.3) is 11.3 Å². The number of rotatable bonds is 1. The van der Waals surface area contributed by atoms with E-state index in [0.717, 1.165) is 40.2 Å². The lowest BCUT2D eigenvalue weighted by Gasteiger charge is -2.30. The van der Waals surface area contributed by atoms with Crippen LogP contribution in [0.1, 0.15) is 34.0 Å². The third kappa shape index (κ3) is 2.66. The molecule has 2 aromatic heterocycles. The summed E-state index contributed by atoms with van der Waals surface area (Å²) in [6.07, 6.45) is 1.79. The minimum absolute atomic E-state index is 0.149. The molecule has 33 heavy (non-hydrogen) atoms. The van der Waals surface area contributed by atoms with E-state index in [0.29, 0.717) is 14.9 Å². The van der Waals surface area contributed by atoms with Crippen LogP contribution in [0.2, 0.25) is 0 Å². The summed E-state index contributed by atoms with van der Waals surface area (Å²) in [5.74, 6) is -0.233. The highest BCUT2D eigenvalue weighted by atomic mass is 32.1. The third-order valence-corrected chi connectivity index (χ3v) is 8.54. The number of benzene rings is 2. The number of nitrogens with one attached hydrogen (secondary N) is 1. The van der Waals surface area contributed by atoms with Crippen molar-refractivity contribution in [3.63, 3.8) is 0 Å². The van der Waals surface area contributed by atoms with Gasteiger partial charge in [-0.1, -0.05) is 59.9 Å². The largest absolute Gasteiger partial charge is 0.321 e. The van der Waals surface area contributed by atoms with Crippen LogP contribution in [0.3, 0.4) is 0 Å². The van der Waals surface area contributed by atoms with E-state index >= 15 is 0 Å². The smallest absolute Gasteiger partial charge is 0.271 e. The Labute approximate surface area is 196 Å². The van der Waals surface area contributed by atoms with Crippen molar-refractivity contribution in [1.29, 1.82) is 0 Å². The summed E-state index contributed by atoms with van der Waals surface area (Å²) in [6, 6.07) is 19.8. The number of thiazole rings is 1. The SMILES string of the molecule is O=C1Nc2ccccc2C1=c1sc2n(c1=O)[C@H](c1cccs1)C1=C(N=2)c2ccccc2CC1. The molecule has 4 aromatic rings. The number of hydrogen-bond acceptors (Lipinski definition) is 5. The quantitative estimate of drug-likeness (QED) is 0.464. The standard InChI is InChI=1S/C26H17N3O2S2/c30-24-20(16-8-3-4-9-18(16)27-24)23-25(31)29-22(19-10-5-13-32-19)17-12-11-14-6-1-2-7-15(14)21(17)28-26(29)33-23/h1-10,13,22H,11-12H2,(H,27,30)/t22-/m0/s1. The first-order valence-corrected chi connectivity index (χ1v) is 12.5. The maximum Gasteiger partial charge on any atom is 0.271 e. The Bertz CT molecular complexity index is 1690. The second kappa shape index (κ2) is 6.97. The van der Waals surface area contributed by atoms with E-state index < -0.39 is 0 Å². The number of anilines is 1. The minimum Gasteiger partial charge on any atom is -0.321 e. The lowest BCUT2D eigenvalue weighted by Crippen LogP contribution is -2.39. The maximum atomic E-state index is 13.9. The Kier molecular flexibility index (Phi) is 4.01. The highest BCUT2D eigenvalue weighted by Gasteiger charge is 2.34. The van der Waals surface area contributed by atoms with Gasteiger partial charge in [-0.05, 0) is 41.5 Å². The number of amides is 1. The minimum atomic E-state index is -0.233. The fourth-order valence-electron chi connectivity index (χ4n) is 5.11. The summed E-state index contributed by atoms with van der Waals surface area (Å²) in [6.45, 7) is 0. The Morgan fingerprint density at radius 3 is 2.61 bits per heavy atom. The Hall–Kier alpha value is -3.55. The zero-order chi connectivity index (χ0) is 22.1. The highest BCUT2D eigenvalue weighted by molar-refractivity contribution is 7.10. The predicted molar refractivity (Wildman–Crippen MR) is 131 cm³/mol. The molecule has 0 saturated heterocycles. The zero-order valence-electron chi connectivity index (χ0n) is 17.4. The van der Waals surface area contributed by atoms with E-state index in [1.807, 2.05) is 41.8 Å². The summed E-state index contributed by atoms with van der Waals surface area (Å²) in [5, 5.41) is 4.95. The molecule has 160 valence electrons. The number of hydrogen-bond donors (Lipinski definition) is 1. The highest BCUT2D eigenvalue weighted by Crippen LogP contribution is 2.42. The molecule has 5 nitrogen and oxygen atoms in total. The summed E-state index contributed by atoms with van der Waals surface area (Å²) < 4.78 is 2.26. The van der Waals surface area contributed by atoms with Gasteiger partial charge in [0.2, 0.25) is 0 Å². The monoisotopic (exact) mass is 467 g/mol. The molecule has 7 heteroatoms.